The fourth-order valence-electron chi connectivity index (χ4n) is 2.78. The van der Waals surface area contributed by atoms with Crippen molar-refractivity contribution >= 4 is 11.8 Å². The van der Waals surface area contributed by atoms with Gasteiger partial charge in [0.1, 0.15) is 17.7 Å². The van der Waals surface area contributed by atoms with Crippen molar-refractivity contribution in [1.82, 2.24) is 30.2 Å². The average Bonchev–Trinajstić information content (AvgIpc) is 3.11. The van der Waals surface area contributed by atoms with E-state index in [1.807, 2.05) is 0 Å². The number of nitrogens with one attached hydrogen (secondary N) is 2. The first-order valence-corrected chi connectivity index (χ1v) is 8.01. The molecule has 1 unspecified atom stereocenters. The molecule has 0 aliphatic carbocycles. The number of likely N-dealkylation sites (tertiary alicyclic amines) is 1. The Balaban J connectivity index is 1.44. The van der Waals surface area contributed by atoms with Crippen LogP contribution < -0.4 is 10.9 Å². The minimum absolute atomic E-state index is 0.0913. The van der Waals surface area contributed by atoms with E-state index in [2.05, 4.69) is 25.3 Å². The predicted octanol–water partition coefficient (Wildman–Crippen LogP) is -0.158. The Morgan fingerprint density at radius 3 is 2.92 bits per heavy atom. The molecule has 1 fully saturated rings. The van der Waals surface area contributed by atoms with Gasteiger partial charge in [-0.2, -0.15) is 0 Å². The van der Waals surface area contributed by atoms with E-state index >= 15 is 0 Å². The summed E-state index contributed by atoms with van der Waals surface area (Å²) in [5.74, 6) is -0.0934. The van der Waals surface area contributed by atoms with Gasteiger partial charge >= 0.3 is 0 Å². The molecule has 9 nitrogen and oxygen atoms in total. The van der Waals surface area contributed by atoms with Gasteiger partial charge in [-0.25, -0.2) is 15.0 Å². The molecule has 130 valence electrons. The van der Waals surface area contributed by atoms with Crippen LogP contribution in [0, 0.1) is 5.92 Å². The maximum Gasteiger partial charge on any atom is 0.272 e. The van der Waals surface area contributed by atoms with Crippen LogP contribution in [0.4, 0.5) is 0 Å². The number of nitrogens with zero attached hydrogens (tertiary/aromatic N) is 4. The van der Waals surface area contributed by atoms with Gasteiger partial charge in [0, 0.05) is 32.0 Å². The van der Waals surface area contributed by atoms with Crippen LogP contribution in [0.25, 0.3) is 0 Å². The van der Waals surface area contributed by atoms with Crippen LogP contribution in [0.1, 0.15) is 33.8 Å². The van der Waals surface area contributed by atoms with Crippen molar-refractivity contribution in [3.63, 3.8) is 0 Å². The largest absolute Gasteiger partial charge is 0.351 e. The Morgan fingerprint density at radius 1 is 1.32 bits per heavy atom. The summed E-state index contributed by atoms with van der Waals surface area (Å²) < 4.78 is 0. The van der Waals surface area contributed by atoms with E-state index in [0.29, 0.717) is 31.2 Å². The number of amides is 2. The molecule has 1 aliphatic heterocycles. The number of hydrogen-bond donors (Lipinski definition) is 2. The van der Waals surface area contributed by atoms with E-state index in [1.54, 1.807) is 17.2 Å². The predicted molar refractivity (Wildman–Crippen MR) is 87.9 cm³/mol. The number of carbonyl (C=O) groups is 2. The summed E-state index contributed by atoms with van der Waals surface area (Å²) in [5, 5.41) is 2.77. The molecule has 0 saturated carbocycles. The van der Waals surface area contributed by atoms with Crippen molar-refractivity contribution in [2.24, 2.45) is 5.92 Å². The average molecular weight is 342 g/mol. The van der Waals surface area contributed by atoms with Crippen LogP contribution >= 0.6 is 0 Å². The molecule has 1 saturated heterocycles. The molecule has 3 rings (SSSR count). The molecule has 2 aromatic heterocycles. The highest BCUT2D eigenvalue weighted by atomic mass is 16.2. The Labute approximate surface area is 143 Å². The zero-order valence-corrected chi connectivity index (χ0v) is 13.5. The van der Waals surface area contributed by atoms with Crippen LogP contribution in [0.15, 0.2) is 35.8 Å². The van der Waals surface area contributed by atoms with Gasteiger partial charge in [0.25, 0.3) is 17.4 Å². The first-order valence-electron chi connectivity index (χ1n) is 8.01. The summed E-state index contributed by atoms with van der Waals surface area (Å²) in [6, 6.07) is 1.60. The quantitative estimate of drug-likeness (QED) is 0.779. The number of hydrogen-bond acceptors (Lipinski definition) is 6. The van der Waals surface area contributed by atoms with E-state index in [-0.39, 0.29) is 23.1 Å². The molecular formula is C16H18N6O3. The van der Waals surface area contributed by atoms with Gasteiger partial charge in [-0.3, -0.25) is 14.4 Å². The number of aromatic amines is 1. The second-order valence-corrected chi connectivity index (χ2v) is 5.84. The van der Waals surface area contributed by atoms with Crippen LogP contribution in [0.2, 0.25) is 0 Å². The maximum absolute atomic E-state index is 12.3. The van der Waals surface area contributed by atoms with E-state index < -0.39 is 0 Å². The summed E-state index contributed by atoms with van der Waals surface area (Å²) in [6.45, 7) is 1.82. The molecule has 0 spiro atoms. The molecule has 2 N–H and O–H groups in total. The maximum atomic E-state index is 12.3. The Hall–Kier alpha value is -3.10. The van der Waals surface area contributed by atoms with Crippen molar-refractivity contribution in [3.05, 3.63) is 52.7 Å². The van der Waals surface area contributed by atoms with E-state index in [0.717, 1.165) is 19.0 Å². The zero-order chi connectivity index (χ0) is 17.6. The normalized spacial score (nSPS) is 16.6. The van der Waals surface area contributed by atoms with E-state index in [1.165, 1.54) is 12.5 Å². The Morgan fingerprint density at radius 2 is 2.20 bits per heavy atom. The molecule has 2 aromatic rings. The first-order chi connectivity index (χ1) is 12.1. The van der Waals surface area contributed by atoms with Crippen LogP contribution in [0.5, 0.6) is 0 Å². The molecular weight excluding hydrogens is 324 g/mol. The van der Waals surface area contributed by atoms with Crippen LogP contribution in [-0.4, -0.2) is 56.3 Å². The third-order valence-electron chi connectivity index (χ3n) is 4.12. The lowest BCUT2D eigenvalue weighted by molar-refractivity contribution is 0.0779. The highest BCUT2D eigenvalue weighted by Gasteiger charge is 2.27. The molecule has 0 radical (unpaired) electrons. The standard InChI is InChI=1S/C16H18N6O3/c23-14-8-19-13(7-20-14)15(24)18-5-1-11-3-6-22(9-11)16(25)12-2-4-17-10-21-12/h2,4,7-8,10-11H,1,3,5-6,9H2,(H,18,24)(H,20,23). The number of carbonyl (C=O) groups excluding carboxylic acids is 2. The van der Waals surface area contributed by atoms with Gasteiger partial charge in [-0.1, -0.05) is 0 Å². The van der Waals surface area contributed by atoms with E-state index in [4.69, 9.17) is 0 Å². The van der Waals surface area contributed by atoms with E-state index in [9.17, 15) is 14.4 Å². The molecule has 9 heteroatoms. The summed E-state index contributed by atoms with van der Waals surface area (Å²) >= 11 is 0. The SMILES string of the molecule is O=C(NCCC1CCN(C(=O)c2ccncn2)C1)c1c[nH]c(=O)cn1. The Kier molecular flexibility index (Phi) is 5.12. The summed E-state index contributed by atoms with van der Waals surface area (Å²) in [7, 11) is 0. The summed E-state index contributed by atoms with van der Waals surface area (Å²) in [4.78, 5) is 50.9. The third-order valence-corrected chi connectivity index (χ3v) is 4.12. The molecule has 0 bridgehead atoms. The van der Waals surface area contributed by atoms with Gasteiger partial charge in [0.15, 0.2) is 0 Å². The molecule has 3 heterocycles. The van der Waals surface area contributed by atoms with Gasteiger partial charge in [0.05, 0.1) is 6.20 Å². The van der Waals surface area contributed by atoms with Crippen molar-refractivity contribution in [3.8, 4) is 0 Å². The van der Waals surface area contributed by atoms with Crippen molar-refractivity contribution in [1.29, 1.82) is 0 Å². The lowest BCUT2D eigenvalue weighted by Gasteiger charge is -2.16. The number of H-pyrrole nitrogens is 1. The second kappa shape index (κ2) is 7.65. The fourth-order valence-corrected chi connectivity index (χ4v) is 2.78. The van der Waals surface area contributed by atoms with Crippen molar-refractivity contribution in [2.75, 3.05) is 19.6 Å². The van der Waals surface area contributed by atoms with Crippen LogP contribution in [-0.2, 0) is 0 Å². The Bertz CT molecular complexity index is 787. The third kappa shape index (κ3) is 4.25. The highest BCUT2D eigenvalue weighted by molar-refractivity contribution is 5.92. The zero-order valence-electron chi connectivity index (χ0n) is 13.5. The molecule has 25 heavy (non-hydrogen) atoms. The molecule has 1 aliphatic rings. The van der Waals surface area contributed by atoms with Gasteiger partial charge in [-0.15, -0.1) is 0 Å². The topological polar surface area (TPSA) is 121 Å². The van der Waals surface area contributed by atoms with Gasteiger partial charge in [0.2, 0.25) is 0 Å². The van der Waals surface area contributed by atoms with Gasteiger partial charge in [-0.05, 0) is 24.8 Å². The van der Waals surface area contributed by atoms with Crippen molar-refractivity contribution in [2.45, 2.75) is 12.8 Å². The van der Waals surface area contributed by atoms with Crippen LogP contribution in [0.3, 0.4) is 0 Å². The summed E-state index contributed by atoms with van der Waals surface area (Å²) in [5.41, 5.74) is 0.218. The second-order valence-electron chi connectivity index (χ2n) is 5.84. The molecule has 0 aromatic carbocycles. The molecule has 1 atom stereocenters. The minimum atomic E-state index is -0.351. The minimum Gasteiger partial charge on any atom is -0.351 e. The lowest BCUT2D eigenvalue weighted by Crippen LogP contribution is -2.30. The highest BCUT2D eigenvalue weighted by Crippen LogP contribution is 2.20. The first kappa shape index (κ1) is 16.7. The number of rotatable bonds is 5. The summed E-state index contributed by atoms with van der Waals surface area (Å²) in [6.07, 6.45) is 6.93. The monoisotopic (exact) mass is 342 g/mol. The van der Waals surface area contributed by atoms with Gasteiger partial charge < -0.3 is 15.2 Å². The number of aromatic nitrogens is 4. The molecule has 2 amide bonds. The smallest absolute Gasteiger partial charge is 0.272 e. The van der Waals surface area contributed by atoms with Crippen molar-refractivity contribution < 1.29 is 9.59 Å². The lowest BCUT2D eigenvalue weighted by atomic mass is 10.1. The fraction of sp³-hybridized carbons (Fsp3) is 0.375.